The van der Waals surface area contributed by atoms with Gasteiger partial charge in [0.25, 0.3) is 0 Å². The lowest BCUT2D eigenvalue weighted by Gasteiger charge is -2.18. The van der Waals surface area contributed by atoms with Crippen LogP contribution in [0.3, 0.4) is 0 Å². The Bertz CT molecular complexity index is 445. The number of carbonyl (C=O) groups is 1. The fourth-order valence-corrected chi connectivity index (χ4v) is 2.14. The maximum atomic E-state index is 12.3. The highest BCUT2D eigenvalue weighted by molar-refractivity contribution is 7.09. The minimum absolute atomic E-state index is 0.0108. The van der Waals surface area contributed by atoms with E-state index in [9.17, 15) is 18.0 Å². The van der Waals surface area contributed by atoms with Crippen LogP contribution < -0.4 is 4.90 Å². The van der Waals surface area contributed by atoms with E-state index in [-0.39, 0.29) is 11.7 Å². The third-order valence-electron chi connectivity index (χ3n) is 2.44. The van der Waals surface area contributed by atoms with E-state index in [0.29, 0.717) is 24.0 Å². The molecule has 0 amide bonds. The summed E-state index contributed by atoms with van der Waals surface area (Å²) in [4.78, 5) is 15.4. The van der Waals surface area contributed by atoms with Gasteiger partial charge in [-0.25, -0.2) is 0 Å². The molecule has 0 aromatic carbocycles. The van der Waals surface area contributed by atoms with Crippen LogP contribution in [0.25, 0.3) is 0 Å². The summed E-state index contributed by atoms with van der Waals surface area (Å²) >= 11 is 0.578. The van der Waals surface area contributed by atoms with E-state index >= 15 is 0 Å². The maximum Gasteiger partial charge on any atom is 0.452 e. The van der Waals surface area contributed by atoms with E-state index in [1.165, 1.54) is 4.90 Å². The number of carboxylic acids is 1. The number of alkyl halides is 3. The fourth-order valence-electron chi connectivity index (χ4n) is 1.44. The zero-order valence-corrected chi connectivity index (χ0v) is 9.96. The van der Waals surface area contributed by atoms with Gasteiger partial charge in [0.2, 0.25) is 11.0 Å². The molecule has 0 unspecified atom stereocenters. The Hall–Kier alpha value is -1.38. The van der Waals surface area contributed by atoms with Crippen molar-refractivity contribution in [3.63, 3.8) is 0 Å². The second-order valence-electron chi connectivity index (χ2n) is 4.12. The van der Waals surface area contributed by atoms with E-state index in [4.69, 9.17) is 5.11 Å². The number of aliphatic carboxylic acids is 1. The molecule has 1 aromatic rings. The van der Waals surface area contributed by atoms with Gasteiger partial charge in [-0.15, -0.1) is 0 Å². The van der Waals surface area contributed by atoms with E-state index in [0.717, 1.165) is 12.8 Å². The molecule has 5 nitrogen and oxygen atoms in total. The lowest BCUT2D eigenvalue weighted by molar-refractivity contribution is -0.144. The summed E-state index contributed by atoms with van der Waals surface area (Å²) in [5, 5.41) is 8.75. The van der Waals surface area contributed by atoms with E-state index in [1.807, 2.05) is 0 Å². The van der Waals surface area contributed by atoms with Crippen LogP contribution >= 0.6 is 11.5 Å². The Labute approximate surface area is 104 Å². The zero-order valence-electron chi connectivity index (χ0n) is 9.15. The zero-order chi connectivity index (χ0) is 13.3. The average molecular weight is 281 g/mol. The third-order valence-corrected chi connectivity index (χ3v) is 3.22. The minimum Gasteiger partial charge on any atom is -0.480 e. The molecular weight excluding hydrogens is 271 g/mol. The van der Waals surface area contributed by atoms with Crippen molar-refractivity contribution in [2.45, 2.75) is 19.0 Å². The summed E-state index contributed by atoms with van der Waals surface area (Å²) in [7, 11) is 0. The van der Waals surface area contributed by atoms with Crippen molar-refractivity contribution in [3.05, 3.63) is 5.82 Å². The van der Waals surface area contributed by atoms with Crippen LogP contribution in [0.15, 0.2) is 0 Å². The van der Waals surface area contributed by atoms with Crippen molar-refractivity contribution in [2.75, 3.05) is 18.0 Å². The largest absolute Gasteiger partial charge is 0.480 e. The van der Waals surface area contributed by atoms with E-state index in [1.54, 1.807) is 0 Å². The maximum absolute atomic E-state index is 12.3. The molecule has 2 rings (SSSR count). The second-order valence-corrected chi connectivity index (χ2v) is 4.85. The smallest absolute Gasteiger partial charge is 0.452 e. The van der Waals surface area contributed by atoms with Gasteiger partial charge < -0.3 is 10.0 Å². The first-order valence-electron chi connectivity index (χ1n) is 5.24. The molecule has 1 aliphatic carbocycles. The highest BCUT2D eigenvalue weighted by atomic mass is 32.1. The van der Waals surface area contributed by atoms with Gasteiger partial charge in [0.15, 0.2) is 0 Å². The number of aromatic nitrogens is 2. The molecule has 1 aromatic heterocycles. The predicted octanol–water partition coefficient (Wildman–Crippen LogP) is 1.86. The van der Waals surface area contributed by atoms with Crippen molar-refractivity contribution < 1.29 is 23.1 Å². The molecule has 9 heteroatoms. The topological polar surface area (TPSA) is 66.3 Å². The molecule has 100 valence electrons. The summed E-state index contributed by atoms with van der Waals surface area (Å²) in [5.74, 6) is -1.96. The Morgan fingerprint density at radius 2 is 2.17 bits per heavy atom. The SMILES string of the molecule is O=C(O)CN(CC1CC1)c1nc(C(F)(F)F)ns1. The van der Waals surface area contributed by atoms with Crippen LogP contribution in [-0.2, 0) is 11.0 Å². The molecule has 1 aliphatic rings. The molecule has 0 bridgehead atoms. The first kappa shape index (κ1) is 13.1. The molecule has 0 aliphatic heterocycles. The number of hydrogen-bond donors (Lipinski definition) is 1. The lowest BCUT2D eigenvalue weighted by Crippen LogP contribution is -2.31. The third kappa shape index (κ3) is 3.31. The highest BCUT2D eigenvalue weighted by Gasteiger charge is 2.37. The number of nitrogens with zero attached hydrogens (tertiary/aromatic N) is 3. The molecule has 0 atom stereocenters. The predicted molar refractivity (Wildman–Crippen MR) is 57.5 cm³/mol. The number of halogens is 3. The Balaban J connectivity index is 2.13. The summed E-state index contributed by atoms with van der Waals surface area (Å²) in [5.41, 5.74) is 0. The second kappa shape index (κ2) is 4.71. The van der Waals surface area contributed by atoms with Gasteiger partial charge in [-0.2, -0.15) is 22.5 Å². The van der Waals surface area contributed by atoms with Crippen molar-refractivity contribution in [2.24, 2.45) is 5.92 Å². The molecule has 0 spiro atoms. The molecule has 0 saturated heterocycles. The van der Waals surface area contributed by atoms with Gasteiger partial charge in [0.1, 0.15) is 6.54 Å². The van der Waals surface area contributed by atoms with Crippen molar-refractivity contribution in [1.82, 2.24) is 9.36 Å². The van der Waals surface area contributed by atoms with Gasteiger partial charge >= 0.3 is 12.1 Å². The standard InChI is InChI=1S/C9H10F3N3O2S/c10-9(11,12)7-13-8(18-14-7)15(4-6(16)17)3-5-1-2-5/h5H,1-4H2,(H,16,17). The number of anilines is 1. The number of rotatable bonds is 5. The van der Waals surface area contributed by atoms with Gasteiger partial charge in [-0.05, 0) is 18.8 Å². The first-order valence-corrected chi connectivity index (χ1v) is 6.01. The first-order chi connectivity index (χ1) is 8.36. The van der Waals surface area contributed by atoms with E-state index in [2.05, 4.69) is 9.36 Å². The van der Waals surface area contributed by atoms with Crippen molar-refractivity contribution in [3.8, 4) is 0 Å². The van der Waals surface area contributed by atoms with Crippen LogP contribution in [0.1, 0.15) is 18.7 Å². The van der Waals surface area contributed by atoms with Crippen LogP contribution in [0.5, 0.6) is 0 Å². The number of hydrogen-bond acceptors (Lipinski definition) is 5. The van der Waals surface area contributed by atoms with Gasteiger partial charge in [0, 0.05) is 18.1 Å². The van der Waals surface area contributed by atoms with Crippen molar-refractivity contribution in [1.29, 1.82) is 0 Å². The summed E-state index contributed by atoms with van der Waals surface area (Å²) in [6, 6.07) is 0. The quantitative estimate of drug-likeness (QED) is 0.892. The molecule has 1 fully saturated rings. The molecule has 1 heterocycles. The van der Waals surface area contributed by atoms with Gasteiger partial charge in [-0.3, -0.25) is 4.79 Å². The minimum atomic E-state index is -4.59. The van der Waals surface area contributed by atoms with Crippen LogP contribution in [-0.4, -0.2) is 33.5 Å². The molecule has 18 heavy (non-hydrogen) atoms. The molecule has 0 radical (unpaired) electrons. The molecular formula is C9H10F3N3O2S. The fraction of sp³-hybridized carbons (Fsp3) is 0.667. The normalized spacial score (nSPS) is 15.7. The Morgan fingerprint density at radius 3 is 2.61 bits per heavy atom. The Morgan fingerprint density at radius 1 is 1.50 bits per heavy atom. The number of carboxylic acid groups (broad SMARTS) is 1. The lowest BCUT2D eigenvalue weighted by atomic mass is 10.4. The molecule has 1 saturated carbocycles. The van der Waals surface area contributed by atoms with E-state index < -0.39 is 18.0 Å². The molecule has 1 N–H and O–H groups in total. The van der Waals surface area contributed by atoms with Crippen LogP contribution in [0.2, 0.25) is 0 Å². The monoisotopic (exact) mass is 281 g/mol. The van der Waals surface area contributed by atoms with Crippen LogP contribution in [0, 0.1) is 5.92 Å². The van der Waals surface area contributed by atoms with Gasteiger partial charge in [-0.1, -0.05) is 0 Å². The summed E-state index contributed by atoms with van der Waals surface area (Å²) in [6.07, 6.45) is -2.65. The summed E-state index contributed by atoms with van der Waals surface area (Å²) in [6.45, 7) is 0.0573. The average Bonchev–Trinajstić information content (AvgIpc) is 2.90. The Kier molecular flexibility index (Phi) is 3.42. The summed E-state index contributed by atoms with van der Waals surface area (Å²) < 4.78 is 40.3. The van der Waals surface area contributed by atoms with Crippen molar-refractivity contribution >= 4 is 22.6 Å². The van der Waals surface area contributed by atoms with Gasteiger partial charge in [0.05, 0.1) is 0 Å². The highest BCUT2D eigenvalue weighted by Crippen LogP contribution is 2.34. The van der Waals surface area contributed by atoms with Crippen LogP contribution in [0.4, 0.5) is 18.3 Å².